The topological polar surface area (TPSA) is 29.5 Å². The molecule has 2 heteroatoms. The SMILES string of the molecule is CCC1=C[C@@H]2CCC[C@@H](O)[C@H]1O2. The lowest BCUT2D eigenvalue weighted by Gasteiger charge is -2.18. The zero-order valence-electron chi connectivity index (χ0n) is 7.49. The maximum Gasteiger partial charge on any atom is 0.105 e. The molecule has 2 heterocycles. The summed E-state index contributed by atoms with van der Waals surface area (Å²) in [6.45, 7) is 2.12. The van der Waals surface area contributed by atoms with Gasteiger partial charge in [-0.15, -0.1) is 0 Å². The molecule has 0 aromatic rings. The van der Waals surface area contributed by atoms with Crippen LogP contribution in [0.4, 0.5) is 0 Å². The molecule has 0 amide bonds. The molecule has 0 aromatic heterocycles. The molecule has 0 unspecified atom stereocenters. The standard InChI is InChI=1S/C10H16O2/c1-2-7-6-8-4-3-5-9(11)10(7)12-8/h6,8-11H,2-5H2,1H3/t8-,9+,10-/m0/s1. The van der Waals surface area contributed by atoms with E-state index in [9.17, 15) is 5.11 Å². The van der Waals surface area contributed by atoms with Gasteiger partial charge in [0.2, 0.25) is 0 Å². The third-order valence-corrected chi connectivity index (χ3v) is 2.83. The Labute approximate surface area is 73.2 Å². The molecule has 2 aliphatic rings. The van der Waals surface area contributed by atoms with Crippen molar-refractivity contribution in [1.29, 1.82) is 0 Å². The Kier molecular flexibility index (Phi) is 2.20. The maximum atomic E-state index is 9.71. The van der Waals surface area contributed by atoms with E-state index in [1.165, 1.54) is 5.57 Å². The highest BCUT2D eigenvalue weighted by Gasteiger charge is 2.33. The molecular formula is C10H16O2. The van der Waals surface area contributed by atoms with E-state index in [2.05, 4.69) is 13.0 Å². The molecule has 2 aliphatic heterocycles. The quantitative estimate of drug-likeness (QED) is 0.603. The van der Waals surface area contributed by atoms with Crippen molar-refractivity contribution in [1.82, 2.24) is 0 Å². The Morgan fingerprint density at radius 2 is 2.42 bits per heavy atom. The van der Waals surface area contributed by atoms with Gasteiger partial charge in [0, 0.05) is 0 Å². The van der Waals surface area contributed by atoms with E-state index < -0.39 is 0 Å². The predicted molar refractivity (Wildman–Crippen MR) is 46.9 cm³/mol. The van der Waals surface area contributed by atoms with E-state index >= 15 is 0 Å². The summed E-state index contributed by atoms with van der Waals surface area (Å²) in [4.78, 5) is 0. The van der Waals surface area contributed by atoms with Crippen LogP contribution in [-0.4, -0.2) is 23.4 Å². The fourth-order valence-electron chi connectivity index (χ4n) is 2.14. The van der Waals surface area contributed by atoms with Crippen molar-refractivity contribution in [2.24, 2.45) is 0 Å². The van der Waals surface area contributed by atoms with Crippen LogP contribution >= 0.6 is 0 Å². The van der Waals surface area contributed by atoms with E-state index in [1.807, 2.05) is 0 Å². The largest absolute Gasteiger partial charge is 0.390 e. The van der Waals surface area contributed by atoms with Gasteiger partial charge in [-0.3, -0.25) is 0 Å². The summed E-state index contributed by atoms with van der Waals surface area (Å²) in [5, 5.41) is 9.71. The molecule has 2 bridgehead atoms. The monoisotopic (exact) mass is 168 g/mol. The van der Waals surface area contributed by atoms with E-state index in [4.69, 9.17) is 4.74 Å². The van der Waals surface area contributed by atoms with Crippen LogP contribution in [0.25, 0.3) is 0 Å². The lowest BCUT2D eigenvalue weighted by molar-refractivity contribution is -0.0127. The van der Waals surface area contributed by atoms with Crippen LogP contribution < -0.4 is 0 Å². The number of hydrogen-bond acceptors (Lipinski definition) is 2. The molecule has 1 saturated heterocycles. The number of ether oxygens (including phenoxy) is 1. The summed E-state index contributed by atoms with van der Waals surface area (Å²) in [5.74, 6) is 0. The minimum Gasteiger partial charge on any atom is -0.390 e. The summed E-state index contributed by atoms with van der Waals surface area (Å²) >= 11 is 0. The van der Waals surface area contributed by atoms with Gasteiger partial charge in [0.15, 0.2) is 0 Å². The fraction of sp³-hybridized carbons (Fsp3) is 0.800. The van der Waals surface area contributed by atoms with Crippen LogP contribution in [0.5, 0.6) is 0 Å². The molecule has 68 valence electrons. The Bertz CT molecular complexity index is 198. The highest BCUT2D eigenvalue weighted by atomic mass is 16.5. The molecule has 0 aromatic carbocycles. The summed E-state index contributed by atoms with van der Waals surface area (Å²) < 4.78 is 5.70. The normalized spacial score (nSPS) is 40.8. The molecular weight excluding hydrogens is 152 g/mol. The van der Waals surface area contributed by atoms with Crippen molar-refractivity contribution >= 4 is 0 Å². The zero-order chi connectivity index (χ0) is 8.55. The lowest BCUT2D eigenvalue weighted by Crippen LogP contribution is -2.26. The molecule has 1 fully saturated rings. The number of aliphatic hydroxyl groups excluding tert-OH is 1. The fourth-order valence-corrected chi connectivity index (χ4v) is 2.14. The minimum absolute atomic E-state index is 0.0162. The van der Waals surface area contributed by atoms with Gasteiger partial charge >= 0.3 is 0 Å². The van der Waals surface area contributed by atoms with Gasteiger partial charge < -0.3 is 9.84 Å². The second kappa shape index (κ2) is 3.19. The summed E-state index contributed by atoms with van der Waals surface area (Å²) in [6, 6.07) is 0. The summed E-state index contributed by atoms with van der Waals surface area (Å²) in [6.07, 6.45) is 6.34. The summed E-state index contributed by atoms with van der Waals surface area (Å²) in [7, 11) is 0. The van der Waals surface area contributed by atoms with Gasteiger partial charge in [0.05, 0.1) is 12.2 Å². The van der Waals surface area contributed by atoms with Gasteiger partial charge in [-0.05, 0) is 31.3 Å². The van der Waals surface area contributed by atoms with Gasteiger partial charge in [-0.2, -0.15) is 0 Å². The lowest BCUT2D eigenvalue weighted by atomic mass is 9.96. The molecule has 2 rings (SSSR count). The molecule has 2 nitrogen and oxygen atoms in total. The molecule has 12 heavy (non-hydrogen) atoms. The average Bonchev–Trinajstić information content (AvgIpc) is 2.38. The van der Waals surface area contributed by atoms with Crippen molar-refractivity contribution < 1.29 is 9.84 Å². The Morgan fingerprint density at radius 1 is 1.58 bits per heavy atom. The molecule has 0 radical (unpaired) electrons. The Hall–Kier alpha value is -0.340. The number of hydrogen-bond donors (Lipinski definition) is 1. The molecule has 0 aliphatic carbocycles. The number of aliphatic hydroxyl groups is 1. The first-order valence-corrected chi connectivity index (χ1v) is 4.85. The van der Waals surface area contributed by atoms with E-state index in [0.717, 1.165) is 25.7 Å². The maximum absolute atomic E-state index is 9.71. The zero-order valence-corrected chi connectivity index (χ0v) is 7.49. The predicted octanol–water partition coefficient (Wildman–Crippen LogP) is 1.64. The van der Waals surface area contributed by atoms with Gasteiger partial charge in [0.1, 0.15) is 6.10 Å². The van der Waals surface area contributed by atoms with Crippen LogP contribution in [0.2, 0.25) is 0 Å². The van der Waals surface area contributed by atoms with Crippen molar-refractivity contribution in [3.05, 3.63) is 11.6 Å². The second-order valence-electron chi connectivity index (χ2n) is 3.69. The average molecular weight is 168 g/mol. The van der Waals surface area contributed by atoms with E-state index in [1.54, 1.807) is 0 Å². The summed E-state index contributed by atoms with van der Waals surface area (Å²) in [5.41, 5.74) is 1.30. The highest BCUT2D eigenvalue weighted by Crippen LogP contribution is 2.32. The van der Waals surface area contributed by atoms with Crippen LogP contribution in [-0.2, 0) is 4.74 Å². The van der Waals surface area contributed by atoms with Crippen LogP contribution in [0.15, 0.2) is 11.6 Å². The van der Waals surface area contributed by atoms with Gasteiger partial charge in [-0.25, -0.2) is 0 Å². The number of rotatable bonds is 1. The first-order chi connectivity index (χ1) is 5.81. The smallest absolute Gasteiger partial charge is 0.105 e. The third-order valence-electron chi connectivity index (χ3n) is 2.83. The molecule has 0 saturated carbocycles. The Balaban J connectivity index is 2.17. The molecule has 1 N–H and O–H groups in total. The third kappa shape index (κ3) is 1.29. The highest BCUT2D eigenvalue weighted by molar-refractivity contribution is 5.19. The first kappa shape index (κ1) is 8.27. The van der Waals surface area contributed by atoms with Crippen molar-refractivity contribution in [3.63, 3.8) is 0 Å². The van der Waals surface area contributed by atoms with Crippen molar-refractivity contribution in [2.75, 3.05) is 0 Å². The van der Waals surface area contributed by atoms with Crippen LogP contribution in [0.1, 0.15) is 32.6 Å². The van der Waals surface area contributed by atoms with Crippen molar-refractivity contribution in [2.45, 2.75) is 50.9 Å². The van der Waals surface area contributed by atoms with E-state index in [0.29, 0.717) is 6.10 Å². The second-order valence-corrected chi connectivity index (χ2v) is 3.69. The molecule has 3 atom stereocenters. The minimum atomic E-state index is -0.260. The van der Waals surface area contributed by atoms with Crippen LogP contribution in [0.3, 0.4) is 0 Å². The molecule has 0 spiro atoms. The van der Waals surface area contributed by atoms with Crippen molar-refractivity contribution in [3.8, 4) is 0 Å². The van der Waals surface area contributed by atoms with Crippen LogP contribution in [0, 0.1) is 0 Å². The Morgan fingerprint density at radius 3 is 3.17 bits per heavy atom. The first-order valence-electron chi connectivity index (χ1n) is 4.85. The van der Waals surface area contributed by atoms with Gasteiger partial charge in [-0.1, -0.05) is 13.0 Å². The van der Waals surface area contributed by atoms with E-state index in [-0.39, 0.29) is 12.2 Å². The van der Waals surface area contributed by atoms with Gasteiger partial charge in [0.25, 0.3) is 0 Å². The number of fused-ring (bicyclic) bond motifs is 2.